The van der Waals surface area contributed by atoms with Crippen LogP contribution in [0.1, 0.15) is 0 Å². The molecule has 0 aliphatic heterocycles. The Balaban J connectivity index is 1.79. The lowest BCUT2D eigenvalue weighted by Crippen LogP contribution is -2.12. The molecule has 0 unspecified atom stereocenters. The fourth-order valence-corrected chi connectivity index (χ4v) is 2.57. The van der Waals surface area contributed by atoms with E-state index in [9.17, 15) is 0 Å². The van der Waals surface area contributed by atoms with E-state index >= 15 is 0 Å². The standard InChI is InChI=1S/C13H13Br2N3O/c14-9-7-12(15)13(18-8-9)17-5-6-19-11-3-1-10(16)2-4-11/h1-4,7-8H,5-6,16H2,(H,17,18). The van der Waals surface area contributed by atoms with Gasteiger partial charge < -0.3 is 15.8 Å². The fraction of sp³-hybridized carbons (Fsp3) is 0.154. The fourth-order valence-electron chi connectivity index (χ4n) is 1.45. The van der Waals surface area contributed by atoms with Crippen molar-refractivity contribution in [2.75, 3.05) is 24.2 Å². The van der Waals surface area contributed by atoms with Gasteiger partial charge in [0.05, 0.1) is 11.0 Å². The van der Waals surface area contributed by atoms with Crippen LogP contribution in [0, 0.1) is 0 Å². The molecule has 0 saturated carbocycles. The molecule has 0 radical (unpaired) electrons. The summed E-state index contributed by atoms with van der Waals surface area (Å²) in [6, 6.07) is 9.27. The Morgan fingerprint density at radius 2 is 1.95 bits per heavy atom. The Bertz CT molecular complexity index is 546. The third kappa shape index (κ3) is 4.40. The number of nitrogens with two attached hydrogens (primary N) is 1. The summed E-state index contributed by atoms with van der Waals surface area (Å²) >= 11 is 6.80. The van der Waals surface area contributed by atoms with Crippen LogP contribution >= 0.6 is 31.9 Å². The smallest absolute Gasteiger partial charge is 0.140 e. The number of hydrogen-bond acceptors (Lipinski definition) is 4. The molecule has 1 aromatic carbocycles. The van der Waals surface area contributed by atoms with Crippen LogP contribution in [-0.4, -0.2) is 18.1 Å². The van der Waals surface area contributed by atoms with Crippen molar-refractivity contribution in [3.8, 4) is 5.75 Å². The first-order chi connectivity index (χ1) is 9.15. The number of benzene rings is 1. The lowest BCUT2D eigenvalue weighted by Gasteiger charge is -2.09. The minimum atomic E-state index is 0.550. The van der Waals surface area contributed by atoms with Crippen molar-refractivity contribution >= 4 is 43.4 Å². The summed E-state index contributed by atoms with van der Waals surface area (Å²) in [5.41, 5.74) is 6.33. The van der Waals surface area contributed by atoms with Gasteiger partial charge in [-0.1, -0.05) is 0 Å². The monoisotopic (exact) mass is 385 g/mol. The van der Waals surface area contributed by atoms with Crippen LogP contribution in [0.4, 0.5) is 11.5 Å². The highest BCUT2D eigenvalue weighted by molar-refractivity contribution is 9.11. The van der Waals surface area contributed by atoms with Gasteiger partial charge in [0.2, 0.25) is 0 Å². The zero-order chi connectivity index (χ0) is 13.7. The van der Waals surface area contributed by atoms with Crippen LogP contribution in [-0.2, 0) is 0 Å². The van der Waals surface area contributed by atoms with Gasteiger partial charge in [-0.3, -0.25) is 0 Å². The van der Waals surface area contributed by atoms with Crippen LogP contribution in [0.3, 0.4) is 0 Å². The molecule has 100 valence electrons. The predicted octanol–water partition coefficient (Wildman–Crippen LogP) is 3.68. The number of anilines is 2. The first kappa shape index (κ1) is 14.1. The maximum absolute atomic E-state index is 5.60. The summed E-state index contributed by atoms with van der Waals surface area (Å²) < 4.78 is 7.42. The minimum absolute atomic E-state index is 0.550. The van der Waals surface area contributed by atoms with Crippen molar-refractivity contribution in [3.05, 3.63) is 45.5 Å². The van der Waals surface area contributed by atoms with Crippen molar-refractivity contribution < 1.29 is 4.74 Å². The maximum Gasteiger partial charge on any atom is 0.140 e. The molecule has 6 heteroatoms. The van der Waals surface area contributed by atoms with E-state index in [1.165, 1.54) is 0 Å². The largest absolute Gasteiger partial charge is 0.492 e. The summed E-state index contributed by atoms with van der Waals surface area (Å²) in [5, 5.41) is 3.19. The molecule has 0 atom stereocenters. The van der Waals surface area contributed by atoms with E-state index < -0.39 is 0 Å². The molecule has 0 aliphatic rings. The molecule has 2 aromatic rings. The predicted molar refractivity (Wildman–Crippen MR) is 84.5 cm³/mol. The minimum Gasteiger partial charge on any atom is -0.492 e. The number of ether oxygens (including phenoxy) is 1. The number of rotatable bonds is 5. The number of nitrogens with one attached hydrogen (secondary N) is 1. The average Bonchev–Trinajstić information content (AvgIpc) is 2.39. The van der Waals surface area contributed by atoms with Crippen LogP contribution in [0.5, 0.6) is 5.75 Å². The number of nitrogen functional groups attached to an aromatic ring is 1. The van der Waals surface area contributed by atoms with Crippen LogP contribution < -0.4 is 15.8 Å². The number of pyridine rings is 1. The quantitative estimate of drug-likeness (QED) is 0.607. The maximum atomic E-state index is 5.60. The third-order valence-electron chi connectivity index (χ3n) is 2.35. The lowest BCUT2D eigenvalue weighted by molar-refractivity contribution is 0.333. The molecule has 1 heterocycles. The second kappa shape index (κ2) is 6.77. The zero-order valence-electron chi connectivity index (χ0n) is 10.1. The Labute approximate surface area is 128 Å². The summed E-state index contributed by atoms with van der Waals surface area (Å²) in [6.07, 6.45) is 1.74. The van der Waals surface area contributed by atoms with Crippen LogP contribution in [0.15, 0.2) is 45.5 Å². The number of nitrogens with zero attached hydrogens (tertiary/aromatic N) is 1. The van der Waals surface area contributed by atoms with Gasteiger partial charge in [0.1, 0.15) is 18.2 Å². The highest BCUT2D eigenvalue weighted by Gasteiger charge is 2.01. The zero-order valence-corrected chi connectivity index (χ0v) is 13.2. The van der Waals surface area contributed by atoms with Crippen LogP contribution in [0.25, 0.3) is 0 Å². The highest BCUT2D eigenvalue weighted by Crippen LogP contribution is 2.23. The number of aromatic nitrogens is 1. The number of hydrogen-bond donors (Lipinski definition) is 2. The van der Waals surface area contributed by atoms with Gasteiger partial charge in [-0.05, 0) is 62.2 Å². The molecule has 2 rings (SSSR count). The van der Waals surface area contributed by atoms with Gasteiger partial charge in [0, 0.05) is 16.4 Å². The summed E-state index contributed by atoms with van der Waals surface area (Å²) in [7, 11) is 0. The molecule has 4 nitrogen and oxygen atoms in total. The Morgan fingerprint density at radius 1 is 1.21 bits per heavy atom. The van der Waals surface area contributed by atoms with E-state index in [0.29, 0.717) is 13.2 Å². The SMILES string of the molecule is Nc1ccc(OCCNc2ncc(Br)cc2Br)cc1. The van der Waals surface area contributed by atoms with E-state index in [1.54, 1.807) is 6.20 Å². The summed E-state index contributed by atoms with van der Waals surface area (Å²) in [4.78, 5) is 4.26. The van der Waals surface area contributed by atoms with E-state index in [2.05, 4.69) is 42.2 Å². The molecule has 3 N–H and O–H groups in total. The molecule has 0 spiro atoms. The number of halogens is 2. The lowest BCUT2D eigenvalue weighted by atomic mass is 10.3. The van der Waals surface area contributed by atoms with E-state index in [4.69, 9.17) is 10.5 Å². The van der Waals surface area contributed by atoms with Crippen molar-refractivity contribution in [2.24, 2.45) is 0 Å². The van der Waals surface area contributed by atoms with Crippen molar-refractivity contribution in [3.63, 3.8) is 0 Å². The Kier molecular flexibility index (Phi) is 5.04. The van der Waals surface area contributed by atoms with Gasteiger partial charge in [-0.15, -0.1) is 0 Å². The molecule has 0 saturated heterocycles. The second-order valence-electron chi connectivity index (χ2n) is 3.83. The van der Waals surface area contributed by atoms with Gasteiger partial charge in [0.25, 0.3) is 0 Å². The first-order valence-electron chi connectivity index (χ1n) is 5.68. The van der Waals surface area contributed by atoms with Gasteiger partial charge >= 0.3 is 0 Å². The third-order valence-corrected chi connectivity index (χ3v) is 3.39. The second-order valence-corrected chi connectivity index (χ2v) is 5.60. The summed E-state index contributed by atoms with van der Waals surface area (Å²) in [6.45, 7) is 1.21. The van der Waals surface area contributed by atoms with Crippen molar-refractivity contribution in [1.29, 1.82) is 0 Å². The molecule has 19 heavy (non-hydrogen) atoms. The van der Waals surface area contributed by atoms with Gasteiger partial charge in [0.15, 0.2) is 0 Å². The molecular weight excluding hydrogens is 374 g/mol. The molecule has 0 aliphatic carbocycles. The summed E-state index contributed by atoms with van der Waals surface area (Å²) in [5.74, 6) is 1.60. The normalized spacial score (nSPS) is 10.2. The van der Waals surface area contributed by atoms with Gasteiger partial charge in [-0.25, -0.2) is 4.98 Å². The Hall–Kier alpha value is -1.27. The van der Waals surface area contributed by atoms with E-state index in [0.717, 1.165) is 26.2 Å². The van der Waals surface area contributed by atoms with Crippen molar-refractivity contribution in [2.45, 2.75) is 0 Å². The van der Waals surface area contributed by atoms with Gasteiger partial charge in [-0.2, -0.15) is 0 Å². The first-order valence-corrected chi connectivity index (χ1v) is 7.27. The average molecular weight is 387 g/mol. The molecule has 0 bridgehead atoms. The molecular formula is C13H13Br2N3O. The van der Waals surface area contributed by atoms with Crippen LogP contribution in [0.2, 0.25) is 0 Å². The van der Waals surface area contributed by atoms with Crippen molar-refractivity contribution in [1.82, 2.24) is 4.98 Å². The van der Waals surface area contributed by atoms with E-state index in [1.807, 2.05) is 30.3 Å². The highest BCUT2D eigenvalue weighted by atomic mass is 79.9. The molecule has 0 amide bonds. The topological polar surface area (TPSA) is 60.2 Å². The molecule has 1 aromatic heterocycles. The molecule has 0 fully saturated rings. The van der Waals surface area contributed by atoms with E-state index in [-0.39, 0.29) is 0 Å². The Morgan fingerprint density at radius 3 is 2.63 bits per heavy atom.